The van der Waals surface area contributed by atoms with E-state index in [1.165, 1.54) is 0 Å². The average Bonchev–Trinajstić information content (AvgIpc) is 2.56. The minimum absolute atomic E-state index is 0. The number of primary amides is 1. The van der Waals surface area contributed by atoms with Crippen molar-refractivity contribution in [3.05, 3.63) is 66.6 Å². The lowest BCUT2D eigenvalue weighted by Gasteiger charge is -2.09. The number of halogens is 1. The molecule has 1 aromatic carbocycles. The van der Waals surface area contributed by atoms with Crippen LogP contribution < -0.4 is 11.1 Å². The van der Waals surface area contributed by atoms with Crippen LogP contribution in [0.25, 0.3) is 11.3 Å². The van der Waals surface area contributed by atoms with Crippen molar-refractivity contribution >= 4 is 29.9 Å². The Kier molecular flexibility index (Phi) is 6.79. The molecule has 5 N–H and O–H groups in total. The molecule has 0 aliphatic carbocycles. The SMILES string of the molecule is Cl.NC(=O)c1ccccc1Nc1nccc(-c2cccnc2)n1.O. The van der Waals surface area contributed by atoms with Crippen molar-refractivity contribution in [1.82, 2.24) is 15.0 Å². The van der Waals surface area contributed by atoms with Gasteiger partial charge in [-0.3, -0.25) is 9.78 Å². The van der Waals surface area contributed by atoms with Crippen molar-refractivity contribution in [2.45, 2.75) is 0 Å². The number of pyridine rings is 1. The van der Waals surface area contributed by atoms with E-state index in [0.29, 0.717) is 17.2 Å². The molecule has 2 aromatic heterocycles. The number of anilines is 2. The van der Waals surface area contributed by atoms with E-state index in [2.05, 4.69) is 20.3 Å². The molecule has 8 heteroatoms. The molecule has 0 radical (unpaired) electrons. The molecule has 0 spiro atoms. The van der Waals surface area contributed by atoms with Crippen molar-refractivity contribution < 1.29 is 10.3 Å². The average molecular weight is 346 g/mol. The Labute approximate surface area is 144 Å². The van der Waals surface area contributed by atoms with Gasteiger partial charge in [-0.15, -0.1) is 12.4 Å². The lowest BCUT2D eigenvalue weighted by atomic mass is 10.1. The van der Waals surface area contributed by atoms with E-state index < -0.39 is 5.91 Å². The molecular formula is C16H16ClN5O2. The second-order valence-corrected chi connectivity index (χ2v) is 4.54. The van der Waals surface area contributed by atoms with Crippen molar-refractivity contribution in [2.24, 2.45) is 5.73 Å². The highest BCUT2D eigenvalue weighted by molar-refractivity contribution is 5.98. The zero-order valence-corrected chi connectivity index (χ0v) is 13.3. The van der Waals surface area contributed by atoms with Crippen molar-refractivity contribution in [2.75, 3.05) is 5.32 Å². The van der Waals surface area contributed by atoms with E-state index in [4.69, 9.17) is 5.73 Å². The topological polar surface area (TPSA) is 125 Å². The molecule has 0 saturated carbocycles. The Morgan fingerprint density at radius 1 is 1.04 bits per heavy atom. The summed E-state index contributed by atoms with van der Waals surface area (Å²) in [5, 5.41) is 3.02. The summed E-state index contributed by atoms with van der Waals surface area (Å²) >= 11 is 0. The van der Waals surface area contributed by atoms with Crippen LogP contribution in [0.1, 0.15) is 10.4 Å². The number of amides is 1. The molecule has 124 valence electrons. The zero-order chi connectivity index (χ0) is 15.4. The smallest absolute Gasteiger partial charge is 0.250 e. The molecule has 0 aliphatic heterocycles. The molecule has 0 saturated heterocycles. The van der Waals surface area contributed by atoms with Crippen LogP contribution in [0.5, 0.6) is 0 Å². The highest BCUT2D eigenvalue weighted by atomic mass is 35.5. The number of nitrogens with zero attached hydrogens (tertiary/aromatic N) is 3. The fraction of sp³-hybridized carbons (Fsp3) is 0. The number of hydrogen-bond donors (Lipinski definition) is 2. The largest absolute Gasteiger partial charge is 0.412 e. The number of rotatable bonds is 4. The Bertz CT molecular complexity index is 814. The van der Waals surface area contributed by atoms with Crippen molar-refractivity contribution in [1.29, 1.82) is 0 Å². The summed E-state index contributed by atoms with van der Waals surface area (Å²) < 4.78 is 0. The van der Waals surface area contributed by atoms with Crippen LogP contribution in [-0.2, 0) is 0 Å². The molecule has 0 bridgehead atoms. The van der Waals surface area contributed by atoms with Crippen LogP contribution in [0.3, 0.4) is 0 Å². The molecule has 24 heavy (non-hydrogen) atoms. The van der Waals surface area contributed by atoms with E-state index >= 15 is 0 Å². The van der Waals surface area contributed by atoms with Crippen LogP contribution >= 0.6 is 12.4 Å². The van der Waals surface area contributed by atoms with Gasteiger partial charge >= 0.3 is 0 Å². The van der Waals surface area contributed by atoms with Crippen molar-refractivity contribution in [3.8, 4) is 11.3 Å². The van der Waals surface area contributed by atoms with E-state index in [0.717, 1.165) is 11.3 Å². The third-order valence-corrected chi connectivity index (χ3v) is 3.05. The number of aromatic nitrogens is 3. The van der Waals surface area contributed by atoms with Crippen LogP contribution in [-0.4, -0.2) is 26.3 Å². The van der Waals surface area contributed by atoms with E-state index in [1.807, 2.05) is 12.1 Å². The summed E-state index contributed by atoms with van der Waals surface area (Å²) in [7, 11) is 0. The fourth-order valence-electron chi connectivity index (χ4n) is 2.02. The summed E-state index contributed by atoms with van der Waals surface area (Å²) in [6.45, 7) is 0. The van der Waals surface area contributed by atoms with Gasteiger partial charge in [0.25, 0.3) is 5.91 Å². The first-order valence-corrected chi connectivity index (χ1v) is 6.63. The minimum atomic E-state index is -0.508. The minimum Gasteiger partial charge on any atom is -0.412 e. The molecule has 0 aliphatic rings. The first kappa shape index (κ1) is 19.0. The van der Waals surface area contributed by atoms with Gasteiger partial charge in [-0.1, -0.05) is 12.1 Å². The van der Waals surface area contributed by atoms with Gasteiger partial charge in [0.05, 0.1) is 16.9 Å². The van der Waals surface area contributed by atoms with E-state index in [-0.39, 0.29) is 17.9 Å². The number of carbonyl (C=O) groups excluding carboxylic acids is 1. The number of hydrogen-bond acceptors (Lipinski definition) is 5. The summed E-state index contributed by atoms with van der Waals surface area (Å²) in [4.78, 5) is 24.1. The Hall–Kier alpha value is -3.03. The normalized spacial score (nSPS) is 9.33. The molecular weight excluding hydrogens is 330 g/mol. The standard InChI is InChI=1S/C16H13N5O.ClH.H2O/c17-15(22)12-5-1-2-6-14(12)21-16-19-9-7-13(20-16)11-4-3-8-18-10-11;;/h1-10H,(H2,17,22)(H,19,20,21);1H;1H2. The number of para-hydroxylation sites is 1. The van der Waals surface area contributed by atoms with Gasteiger partial charge in [0.1, 0.15) is 0 Å². The zero-order valence-electron chi connectivity index (χ0n) is 12.5. The van der Waals surface area contributed by atoms with Gasteiger partial charge in [0, 0.05) is 24.2 Å². The molecule has 3 rings (SSSR count). The lowest BCUT2D eigenvalue weighted by Crippen LogP contribution is -2.13. The maximum atomic E-state index is 11.4. The molecule has 2 heterocycles. The van der Waals surface area contributed by atoms with E-state index in [1.54, 1.807) is 48.9 Å². The third-order valence-electron chi connectivity index (χ3n) is 3.05. The molecule has 0 unspecified atom stereocenters. The van der Waals surface area contributed by atoms with Gasteiger partial charge in [0.15, 0.2) is 0 Å². The molecule has 0 fully saturated rings. The van der Waals surface area contributed by atoms with E-state index in [9.17, 15) is 4.79 Å². The maximum Gasteiger partial charge on any atom is 0.250 e. The van der Waals surface area contributed by atoms with Crippen LogP contribution in [0.2, 0.25) is 0 Å². The summed E-state index contributed by atoms with van der Waals surface area (Å²) in [6, 6.07) is 12.5. The number of nitrogens with two attached hydrogens (primary N) is 1. The molecule has 1 amide bonds. The predicted molar refractivity (Wildman–Crippen MR) is 94.4 cm³/mol. The summed E-state index contributed by atoms with van der Waals surface area (Å²) in [5.74, 6) is -0.124. The third kappa shape index (κ3) is 4.25. The first-order chi connectivity index (χ1) is 10.7. The first-order valence-electron chi connectivity index (χ1n) is 6.63. The van der Waals surface area contributed by atoms with Gasteiger partial charge < -0.3 is 16.5 Å². The molecule has 7 nitrogen and oxygen atoms in total. The lowest BCUT2D eigenvalue weighted by molar-refractivity contribution is 0.100. The summed E-state index contributed by atoms with van der Waals surface area (Å²) in [5.41, 5.74) is 7.94. The maximum absolute atomic E-state index is 11.4. The quantitative estimate of drug-likeness (QED) is 0.747. The Balaban J connectivity index is 0.00000144. The monoisotopic (exact) mass is 345 g/mol. The van der Waals surface area contributed by atoms with Crippen LogP contribution in [0.4, 0.5) is 11.6 Å². The van der Waals surface area contributed by atoms with Gasteiger partial charge in [-0.2, -0.15) is 0 Å². The van der Waals surface area contributed by atoms with Gasteiger partial charge in [-0.05, 0) is 30.3 Å². The second-order valence-electron chi connectivity index (χ2n) is 4.54. The van der Waals surface area contributed by atoms with Crippen molar-refractivity contribution in [3.63, 3.8) is 0 Å². The molecule has 0 atom stereocenters. The fourth-order valence-corrected chi connectivity index (χ4v) is 2.02. The number of nitrogens with one attached hydrogen (secondary N) is 1. The predicted octanol–water partition coefficient (Wildman–Crippen LogP) is 1.98. The molecule has 3 aromatic rings. The van der Waals surface area contributed by atoms with Gasteiger partial charge in [0.2, 0.25) is 5.95 Å². The van der Waals surface area contributed by atoms with Crippen LogP contribution in [0.15, 0.2) is 61.1 Å². The van der Waals surface area contributed by atoms with Crippen LogP contribution in [0, 0.1) is 0 Å². The number of benzene rings is 1. The van der Waals surface area contributed by atoms with Gasteiger partial charge in [-0.25, -0.2) is 9.97 Å². The number of carbonyl (C=O) groups is 1. The highest BCUT2D eigenvalue weighted by Gasteiger charge is 2.09. The second kappa shape index (κ2) is 8.56. The summed E-state index contributed by atoms with van der Waals surface area (Å²) in [6.07, 6.45) is 5.07. The highest BCUT2D eigenvalue weighted by Crippen LogP contribution is 2.20. The Morgan fingerprint density at radius 3 is 2.54 bits per heavy atom. The Morgan fingerprint density at radius 2 is 1.83 bits per heavy atom.